The van der Waals surface area contributed by atoms with Crippen LogP contribution in [0.4, 0.5) is 22.8 Å². The molecule has 0 saturated carbocycles. The molecule has 0 fully saturated rings. The van der Waals surface area contributed by atoms with Gasteiger partial charge in [-0.15, -0.1) is 4.99 Å². The number of amides is 2. The maximum atomic E-state index is 13.2. The highest BCUT2D eigenvalue weighted by Crippen LogP contribution is 2.37. The van der Waals surface area contributed by atoms with Gasteiger partial charge in [-0.05, 0) is 76.8 Å². The van der Waals surface area contributed by atoms with Crippen molar-refractivity contribution < 1.29 is 32.2 Å². The van der Waals surface area contributed by atoms with Crippen molar-refractivity contribution in [1.82, 2.24) is 10.2 Å². The Hall–Kier alpha value is -3.56. The highest BCUT2D eigenvalue weighted by atomic mass is 19.4. The van der Waals surface area contributed by atoms with Crippen molar-refractivity contribution in [3.63, 3.8) is 0 Å². The van der Waals surface area contributed by atoms with Gasteiger partial charge in [-0.25, -0.2) is 9.59 Å². The zero-order valence-corrected chi connectivity index (χ0v) is 21.8. The van der Waals surface area contributed by atoms with Gasteiger partial charge in [0.1, 0.15) is 11.2 Å². The quantitative estimate of drug-likeness (QED) is 0.345. The number of rotatable bonds is 1. The van der Waals surface area contributed by atoms with E-state index in [0.717, 1.165) is 23.3 Å². The van der Waals surface area contributed by atoms with Gasteiger partial charge in [-0.3, -0.25) is 5.32 Å². The summed E-state index contributed by atoms with van der Waals surface area (Å²) in [5.74, 6) is -0.122. The molecule has 1 aliphatic rings. The van der Waals surface area contributed by atoms with Crippen LogP contribution in [0.25, 0.3) is 0 Å². The number of hydrogen-bond donors (Lipinski definition) is 1. The predicted molar refractivity (Wildman–Crippen MR) is 133 cm³/mol. The van der Waals surface area contributed by atoms with Crippen LogP contribution >= 0.6 is 0 Å². The first-order chi connectivity index (χ1) is 17.0. The molecule has 1 atom stereocenters. The summed E-state index contributed by atoms with van der Waals surface area (Å²) < 4.78 is 50.4. The van der Waals surface area contributed by atoms with Gasteiger partial charge in [-0.2, -0.15) is 13.2 Å². The first-order valence-corrected chi connectivity index (χ1v) is 11.9. The van der Waals surface area contributed by atoms with Gasteiger partial charge in [0.25, 0.3) is 0 Å². The number of nitrogens with zero attached hydrogens (tertiary/aromatic N) is 2. The number of nitrogens with one attached hydrogen (secondary N) is 1. The maximum Gasteiger partial charge on any atom is 0.437 e. The fourth-order valence-electron chi connectivity index (χ4n) is 3.94. The minimum atomic E-state index is -4.48. The van der Waals surface area contributed by atoms with Crippen LogP contribution in [0.5, 0.6) is 0 Å². The van der Waals surface area contributed by atoms with Crippen molar-refractivity contribution in [3.8, 4) is 0 Å². The average molecular weight is 520 g/mol. The molecule has 0 aliphatic carbocycles. The normalized spacial score (nSPS) is 16.6. The molecule has 0 aromatic heterocycles. The highest BCUT2D eigenvalue weighted by Gasteiger charge is 2.35. The van der Waals surface area contributed by atoms with Gasteiger partial charge < -0.3 is 14.4 Å². The van der Waals surface area contributed by atoms with Gasteiger partial charge >= 0.3 is 18.4 Å². The van der Waals surface area contributed by atoms with Gasteiger partial charge in [0, 0.05) is 6.54 Å². The van der Waals surface area contributed by atoms with E-state index in [4.69, 9.17) is 9.47 Å². The fourth-order valence-corrected chi connectivity index (χ4v) is 3.94. The first kappa shape index (κ1) is 28.0. The second-order valence-corrected chi connectivity index (χ2v) is 10.7. The van der Waals surface area contributed by atoms with E-state index >= 15 is 0 Å². The Morgan fingerprint density at radius 1 is 0.919 bits per heavy atom. The number of benzene rings is 2. The van der Waals surface area contributed by atoms with Crippen LogP contribution in [-0.4, -0.2) is 40.8 Å². The molecule has 2 amide bonds. The molecule has 200 valence electrons. The third-order valence-electron chi connectivity index (χ3n) is 5.31. The van der Waals surface area contributed by atoms with Crippen molar-refractivity contribution in [2.45, 2.75) is 71.4 Å². The third-order valence-corrected chi connectivity index (χ3v) is 5.31. The van der Waals surface area contributed by atoms with Crippen LogP contribution in [0.2, 0.25) is 0 Å². The number of fused-ring (bicyclic) bond motifs is 1. The molecule has 0 bridgehead atoms. The SMILES string of the molecule is CC(C)(C)OC(=O)N=C(NC(=O)OC(C)(C)C)N1CCc2ccccc2C1c1ccc(C(F)(F)F)cc1. The van der Waals surface area contributed by atoms with Crippen molar-refractivity contribution in [2.75, 3.05) is 6.54 Å². The van der Waals surface area contributed by atoms with Crippen LogP contribution in [0, 0.1) is 0 Å². The summed E-state index contributed by atoms with van der Waals surface area (Å²) in [5.41, 5.74) is -0.0835. The summed E-state index contributed by atoms with van der Waals surface area (Å²) in [4.78, 5) is 31.1. The van der Waals surface area contributed by atoms with Crippen LogP contribution in [-0.2, 0) is 22.1 Å². The second kappa shape index (κ2) is 10.4. The van der Waals surface area contributed by atoms with Crippen molar-refractivity contribution in [2.24, 2.45) is 4.99 Å². The Morgan fingerprint density at radius 3 is 2.08 bits per heavy atom. The molecule has 0 saturated heterocycles. The van der Waals surface area contributed by atoms with Crippen molar-refractivity contribution in [1.29, 1.82) is 0 Å². The molecule has 7 nitrogen and oxygen atoms in total. The van der Waals surface area contributed by atoms with Crippen LogP contribution in [0.1, 0.15) is 69.8 Å². The number of carbonyl (C=O) groups is 2. The summed E-state index contributed by atoms with van der Waals surface area (Å²) in [6.45, 7) is 10.5. The van der Waals surface area contributed by atoms with E-state index in [0.29, 0.717) is 18.5 Å². The molecule has 1 heterocycles. The lowest BCUT2D eigenvalue weighted by Gasteiger charge is -2.39. The molecule has 10 heteroatoms. The maximum absolute atomic E-state index is 13.2. The van der Waals surface area contributed by atoms with Crippen molar-refractivity contribution in [3.05, 3.63) is 70.8 Å². The smallest absolute Gasteiger partial charge is 0.437 e. The summed E-state index contributed by atoms with van der Waals surface area (Å²) in [7, 11) is 0. The zero-order valence-electron chi connectivity index (χ0n) is 21.8. The van der Waals surface area contributed by atoms with Gasteiger partial charge in [0.05, 0.1) is 11.6 Å². The molecule has 1 N–H and O–H groups in total. The lowest BCUT2D eigenvalue weighted by molar-refractivity contribution is -0.137. The van der Waals surface area contributed by atoms with Gasteiger partial charge in [0.2, 0.25) is 5.96 Å². The molecule has 0 radical (unpaired) electrons. The average Bonchev–Trinajstić information content (AvgIpc) is 2.75. The number of guanidine groups is 1. The first-order valence-electron chi connectivity index (χ1n) is 11.9. The lowest BCUT2D eigenvalue weighted by atomic mass is 9.88. The van der Waals surface area contributed by atoms with Crippen LogP contribution in [0.15, 0.2) is 53.5 Å². The van der Waals surface area contributed by atoms with E-state index in [1.54, 1.807) is 46.4 Å². The van der Waals surface area contributed by atoms with Gasteiger partial charge in [0.15, 0.2) is 0 Å². The molecule has 3 rings (SSSR count). The Morgan fingerprint density at radius 2 is 1.51 bits per heavy atom. The molecule has 2 aromatic carbocycles. The van der Waals surface area contributed by atoms with E-state index < -0.39 is 41.2 Å². The zero-order chi connectivity index (χ0) is 27.6. The van der Waals surface area contributed by atoms with Crippen LogP contribution in [0.3, 0.4) is 0 Å². The van der Waals surface area contributed by atoms with E-state index in [-0.39, 0.29) is 5.96 Å². The summed E-state index contributed by atoms with van der Waals surface area (Å²) >= 11 is 0. The standard InChI is InChI=1S/C27H32F3N3O4/c1-25(2,3)36-23(34)31-22(32-24(35)37-26(4,5)6)33-16-15-17-9-7-8-10-20(17)21(33)18-11-13-19(14-12-18)27(28,29)30/h7-14,21H,15-16H2,1-6H3,(H,31,32,34,35). The Bertz CT molecular complexity index is 1160. The molecule has 37 heavy (non-hydrogen) atoms. The highest BCUT2D eigenvalue weighted by molar-refractivity contribution is 5.99. The third kappa shape index (κ3) is 7.71. The summed E-state index contributed by atoms with van der Waals surface area (Å²) in [5, 5.41) is 2.56. The summed E-state index contributed by atoms with van der Waals surface area (Å²) in [6, 6.07) is 11.7. The van der Waals surface area contributed by atoms with E-state index in [1.807, 2.05) is 24.3 Å². The fraction of sp³-hybridized carbons (Fsp3) is 0.444. The predicted octanol–water partition coefficient (Wildman–Crippen LogP) is 6.47. The van der Waals surface area contributed by atoms with Crippen molar-refractivity contribution >= 4 is 18.1 Å². The molecule has 1 aliphatic heterocycles. The number of carbonyl (C=O) groups excluding carboxylic acids is 2. The number of halogens is 3. The van der Waals surface area contributed by atoms with E-state index in [9.17, 15) is 22.8 Å². The number of ether oxygens (including phenoxy) is 2. The number of hydrogen-bond acceptors (Lipinski definition) is 4. The number of alkyl halides is 3. The minimum absolute atomic E-state index is 0.122. The molecule has 2 aromatic rings. The largest absolute Gasteiger partial charge is 0.444 e. The Kier molecular flexibility index (Phi) is 7.90. The number of alkyl carbamates (subject to hydrolysis) is 1. The monoisotopic (exact) mass is 519 g/mol. The number of aliphatic imine (C=N–C) groups is 1. The van der Waals surface area contributed by atoms with E-state index in [1.165, 1.54) is 12.1 Å². The Labute approximate surface area is 214 Å². The lowest BCUT2D eigenvalue weighted by Crippen LogP contribution is -2.50. The topological polar surface area (TPSA) is 80.2 Å². The molecule has 0 spiro atoms. The van der Waals surface area contributed by atoms with E-state index in [2.05, 4.69) is 10.3 Å². The molecular formula is C27H32F3N3O4. The Balaban J connectivity index is 2.09. The minimum Gasteiger partial charge on any atom is -0.444 e. The molecular weight excluding hydrogens is 487 g/mol. The van der Waals surface area contributed by atoms with Gasteiger partial charge in [-0.1, -0.05) is 36.4 Å². The van der Waals surface area contributed by atoms with Crippen LogP contribution < -0.4 is 5.32 Å². The second-order valence-electron chi connectivity index (χ2n) is 10.7. The molecule has 1 unspecified atom stereocenters. The summed E-state index contributed by atoms with van der Waals surface area (Å²) in [6.07, 6.45) is -5.69.